The molecule has 0 unspecified atom stereocenters. The zero-order chi connectivity index (χ0) is 20.3. The number of carbonyl (C=O) groups is 3. The van der Waals surface area contributed by atoms with Crippen LogP contribution in [0.3, 0.4) is 0 Å². The van der Waals surface area contributed by atoms with Crippen LogP contribution in [0.4, 0.5) is 14.9 Å². The predicted molar refractivity (Wildman–Crippen MR) is 102 cm³/mol. The van der Waals surface area contributed by atoms with E-state index in [1.807, 2.05) is 0 Å². The summed E-state index contributed by atoms with van der Waals surface area (Å²) in [6.45, 7) is -0.494. The van der Waals surface area contributed by atoms with Crippen molar-refractivity contribution in [3.05, 3.63) is 58.8 Å². The molecule has 0 saturated carbocycles. The van der Waals surface area contributed by atoms with E-state index in [1.165, 1.54) is 43.5 Å². The van der Waals surface area contributed by atoms with Crippen molar-refractivity contribution in [3.8, 4) is 11.5 Å². The van der Waals surface area contributed by atoms with Crippen molar-refractivity contribution in [2.45, 2.75) is 0 Å². The summed E-state index contributed by atoms with van der Waals surface area (Å²) in [6.07, 6.45) is 1.44. The number of thioether (sulfide) groups is 1. The lowest BCUT2D eigenvalue weighted by atomic mass is 10.2. The standard InChI is InChI=1S/C19H15FN2O5S/c1-27-15-6-5-11(7-14(15)23)8-16-18(25)22(19(26)28-16)10-17(24)21-13-4-2-3-12(20)9-13/h2-9,23H,10H2,1H3,(H,21,24)/b16-8+. The summed E-state index contributed by atoms with van der Waals surface area (Å²) >= 11 is 0.689. The Balaban J connectivity index is 1.71. The first-order chi connectivity index (χ1) is 13.4. The summed E-state index contributed by atoms with van der Waals surface area (Å²) in [5.74, 6) is -1.60. The van der Waals surface area contributed by atoms with Gasteiger partial charge in [0.25, 0.3) is 11.1 Å². The van der Waals surface area contributed by atoms with Gasteiger partial charge in [-0.1, -0.05) is 12.1 Å². The number of phenolic OH excluding ortho intramolecular Hbond substituents is 1. The summed E-state index contributed by atoms with van der Waals surface area (Å²) in [7, 11) is 1.41. The Morgan fingerprint density at radius 1 is 1.29 bits per heavy atom. The molecule has 0 atom stereocenters. The number of halogens is 1. The number of benzene rings is 2. The van der Waals surface area contributed by atoms with E-state index in [0.29, 0.717) is 17.3 Å². The number of hydrogen-bond acceptors (Lipinski definition) is 6. The summed E-state index contributed by atoms with van der Waals surface area (Å²) < 4.78 is 18.1. The molecule has 3 rings (SSSR count). The lowest BCUT2D eigenvalue weighted by Gasteiger charge is -2.12. The van der Waals surface area contributed by atoms with E-state index in [2.05, 4.69) is 5.32 Å². The van der Waals surface area contributed by atoms with Crippen LogP contribution in [-0.4, -0.2) is 40.7 Å². The number of nitrogens with one attached hydrogen (secondary N) is 1. The number of nitrogens with zero attached hydrogens (tertiary/aromatic N) is 1. The number of imide groups is 1. The van der Waals surface area contributed by atoms with Crippen molar-refractivity contribution in [2.24, 2.45) is 0 Å². The van der Waals surface area contributed by atoms with Crippen LogP contribution >= 0.6 is 11.8 Å². The minimum Gasteiger partial charge on any atom is -0.504 e. The van der Waals surface area contributed by atoms with Crippen molar-refractivity contribution in [1.82, 2.24) is 4.90 Å². The molecule has 1 saturated heterocycles. The monoisotopic (exact) mass is 402 g/mol. The Morgan fingerprint density at radius 3 is 2.75 bits per heavy atom. The zero-order valence-electron chi connectivity index (χ0n) is 14.6. The fourth-order valence-electron chi connectivity index (χ4n) is 2.49. The van der Waals surface area contributed by atoms with Gasteiger partial charge in [0, 0.05) is 5.69 Å². The second-order valence-corrected chi connectivity index (χ2v) is 6.75. The van der Waals surface area contributed by atoms with Gasteiger partial charge in [0.1, 0.15) is 12.4 Å². The van der Waals surface area contributed by atoms with Gasteiger partial charge in [-0.15, -0.1) is 0 Å². The third-order valence-electron chi connectivity index (χ3n) is 3.78. The van der Waals surface area contributed by atoms with Gasteiger partial charge in [-0.25, -0.2) is 4.39 Å². The smallest absolute Gasteiger partial charge is 0.294 e. The molecule has 0 aromatic heterocycles. The molecule has 3 amide bonds. The minimum absolute atomic E-state index is 0.107. The lowest BCUT2D eigenvalue weighted by molar-refractivity contribution is -0.127. The highest BCUT2D eigenvalue weighted by molar-refractivity contribution is 8.18. The number of aromatic hydroxyl groups is 1. The third-order valence-corrected chi connectivity index (χ3v) is 4.69. The third kappa shape index (κ3) is 4.32. The van der Waals surface area contributed by atoms with Crippen LogP contribution in [0.1, 0.15) is 5.56 Å². The highest BCUT2D eigenvalue weighted by Gasteiger charge is 2.36. The molecule has 1 aliphatic rings. The molecule has 0 bridgehead atoms. The molecule has 9 heteroatoms. The molecule has 2 aromatic rings. The second-order valence-electron chi connectivity index (χ2n) is 5.76. The Morgan fingerprint density at radius 2 is 2.07 bits per heavy atom. The van der Waals surface area contributed by atoms with Crippen molar-refractivity contribution in [2.75, 3.05) is 19.0 Å². The SMILES string of the molecule is COc1ccc(/C=C2/SC(=O)N(CC(=O)Nc3cccc(F)c3)C2=O)cc1O. The van der Waals surface area contributed by atoms with E-state index >= 15 is 0 Å². The summed E-state index contributed by atoms with van der Waals surface area (Å²) in [6, 6.07) is 9.81. The molecule has 144 valence electrons. The quantitative estimate of drug-likeness (QED) is 0.746. The Labute approximate surface area is 163 Å². The number of ether oxygens (including phenoxy) is 1. The van der Waals surface area contributed by atoms with E-state index in [0.717, 1.165) is 11.0 Å². The van der Waals surface area contributed by atoms with Crippen LogP contribution in [0.2, 0.25) is 0 Å². The molecule has 1 aliphatic heterocycles. The van der Waals surface area contributed by atoms with Crippen molar-refractivity contribution in [1.29, 1.82) is 0 Å². The molecule has 0 spiro atoms. The maximum absolute atomic E-state index is 13.2. The first-order valence-electron chi connectivity index (χ1n) is 8.05. The number of carbonyl (C=O) groups excluding carboxylic acids is 3. The fraction of sp³-hybridized carbons (Fsp3) is 0.105. The molecule has 0 aliphatic carbocycles. The minimum atomic E-state index is -0.628. The second kappa shape index (κ2) is 8.13. The van der Waals surface area contributed by atoms with E-state index in [4.69, 9.17) is 4.74 Å². The summed E-state index contributed by atoms with van der Waals surface area (Å²) in [5.41, 5.74) is 0.717. The number of anilines is 1. The Bertz CT molecular complexity index is 992. The van der Waals surface area contributed by atoms with Gasteiger partial charge in [-0.2, -0.15) is 0 Å². The van der Waals surface area contributed by atoms with Crippen LogP contribution in [0.15, 0.2) is 47.4 Å². The van der Waals surface area contributed by atoms with Crippen LogP contribution in [0.5, 0.6) is 11.5 Å². The molecule has 0 radical (unpaired) electrons. The van der Waals surface area contributed by atoms with Crippen molar-refractivity contribution in [3.63, 3.8) is 0 Å². The van der Waals surface area contributed by atoms with Gasteiger partial charge >= 0.3 is 0 Å². The molecular formula is C19H15FN2O5S. The van der Waals surface area contributed by atoms with E-state index < -0.39 is 29.4 Å². The molecule has 2 aromatic carbocycles. The van der Waals surface area contributed by atoms with Crippen LogP contribution < -0.4 is 10.1 Å². The fourth-order valence-corrected chi connectivity index (χ4v) is 3.33. The van der Waals surface area contributed by atoms with Crippen LogP contribution in [0.25, 0.3) is 6.08 Å². The van der Waals surface area contributed by atoms with Crippen molar-refractivity contribution >= 4 is 40.6 Å². The van der Waals surface area contributed by atoms with Gasteiger partial charge in [0.15, 0.2) is 11.5 Å². The summed E-state index contributed by atoms with van der Waals surface area (Å²) in [4.78, 5) is 37.6. The molecular weight excluding hydrogens is 387 g/mol. The number of methoxy groups -OCH3 is 1. The van der Waals surface area contributed by atoms with E-state index in [1.54, 1.807) is 6.07 Å². The maximum atomic E-state index is 13.2. The average Bonchev–Trinajstić information content (AvgIpc) is 2.89. The highest BCUT2D eigenvalue weighted by Crippen LogP contribution is 2.34. The van der Waals surface area contributed by atoms with Gasteiger partial charge in [0.2, 0.25) is 5.91 Å². The molecule has 1 heterocycles. The lowest BCUT2D eigenvalue weighted by Crippen LogP contribution is -2.36. The first-order valence-corrected chi connectivity index (χ1v) is 8.87. The highest BCUT2D eigenvalue weighted by atomic mass is 32.2. The van der Waals surface area contributed by atoms with Crippen molar-refractivity contribution < 1.29 is 28.6 Å². The number of hydrogen-bond donors (Lipinski definition) is 2. The molecule has 7 nitrogen and oxygen atoms in total. The Kier molecular flexibility index (Phi) is 5.65. The average molecular weight is 402 g/mol. The number of rotatable bonds is 5. The summed E-state index contributed by atoms with van der Waals surface area (Å²) in [5, 5.41) is 11.7. The van der Waals surface area contributed by atoms with Gasteiger partial charge in [-0.3, -0.25) is 19.3 Å². The largest absolute Gasteiger partial charge is 0.504 e. The molecule has 2 N–H and O–H groups in total. The number of amides is 3. The zero-order valence-corrected chi connectivity index (χ0v) is 15.5. The van der Waals surface area contributed by atoms with Crippen LogP contribution in [0, 0.1) is 5.82 Å². The van der Waals surface area contributed by atoms with Gasteiger partial charge < -0.3 is 15.2 Å². The molecule has 28 heavy (non-hydrogen) atoms. The van der Waals surface area contributed by atoms with Gasteiger partial charge in [0.05, 0.1) is 12.0 Å². The number of phenols is 1. The topological polar surface area (TPSA) is 95.9 Å². The molecule has 1 fully saturated rings. The normalized spacial score (nSPS) is 15.2. The van der Waals surface area contributed by atoms with E-state index in [-0.39, 0.29) is 22.1 Å². The predicted octanol–water partition coefficient (Wildman–Crippen LogP) is 3.21. The van der Waals surface area contributed by atoms with Gasteiger partial charge in [-0.05, 0) is 53.7 Å². The Hall–Kier alpha value is -3.33. The maximum Gasteiger partial charge on any atom is 0.294 e. The first kappa shape index (κ1) is 19.4. The van der Waals surface area contributed by atoms with Crippen LogP contribution in [-0.2, 0) is 9.59 Å². The van der Waals surface area contributed by atoms with E-state index in [9.17, 15) is 23.9 Å².